The summed E-state index contributed by atoms with van der Waals surface area (Å²) >= 11 is 0. The highest BCUT2D eigenvalue weighted by Gasteiger charge is 2.38. The van der Waals surface area contributed by atoms with E-state index < -0.39 is 0 Å². The molecule has 0 aromatic heterocycles. The van der Waals surface area contributed by atoms with Crippen molar-refractivity contribution in [2.24, 2.45) is 11.8 Å². The van der Waals surface area contributed by atoms with Gasteiger partial charge in [-0.15, -0.1) is 0 Å². The second kappa shape index (κ2) is 6.18. The molecule has 0 aromatic carbocycles. The van der Waals surface area contributed by atoms with Gasteiger partial charge in [-0.2, -0.15) is 0 Å². The third-order valence-corrected chi connectivity index (χ3v) is 3.50. The molecule has 18 heavy (non-hydrogen) atoms. The molecule has 5 heteroatoms. The first-order chi connectivity index (χ1) is 8.36. The number of rotatable bonds is 4. The molecule has 0 aromatic rings. The van der Waals surface area contributed by atoms with E-state index in [4.69, 9.17) is 4.74 Å². The fraction of sp³-hybridized carbons (Fsp3) is 0.846. The molecule has 1 amide bonds. The fourth-order valence-electron chi connectivity index (χ4n) is 2.35. The summed E-state index contributed by atoms with van der Waals surface area (Å²) in [5, 5.41) is 2.90. The van der Waals surface area contributed by atoms with Crippen molar-refractivity contribution in [3.05, 3.63) is 0 Å². The Morgan fingerprint density at radius 3 is 2.39 bits per heavy atom. The summed E-state index contributed by atoms with van der Waals surface area (Å²) in [6.07, 6.45) is 0. The third-order valence-electron chi connectivity index (χ3n) is 3.50. The monoisotopic (exact) mass is 256 g/mol. The molecule has 1 fully saturated rings. The molecule has 0 radical (unpaired) electrons. The minimum atomic E-state index is -0.204. The number of hydrogen-bond acceptors (Lipinski definition) is 4. The van der Waals surface area contributed by atoms with Crippen LogP contribution in [0.15, 0.2) is 0 Å². The zero-order valence-corrected chi connectivity index (χ0v) is 11.9. The van der Waals surface area contributed by atoms with E-state index in [1.807, 2.05) is 32.6 Å². The van der Waals surface area contributed by atoms with Crippen LogP contribution >= 0.6 is 0 Å². The van der Waals surface area contributed by atoms with E-state index in [0.717, 1.165) is 6.54 Å². The van der Waals surface area contributed by atoms with Crippen molar-refractivity contribution in [3.8, 4) is 0 Å². The van der Waals surface area contributed by atoms with E-state index in [1.165, 1.54) is 7.11 Å². The molecule has 0 aliphatic carbocycles. The molecule has 1 aliphatic heterocycles. The number of hydrogen-bond donors (Lipinski definition) is 1. The van der Waals surface area contributed by atoms with Crippen molar-refractivity contribution in [1.29, 1.82) is 0 Å². The number of nitrogens with one attached hydrogen (secondary N) is 1. The zero-order valence-electron chi connectivity index (χ0n) is 11.9. The fourth-order valence-corrected chi connectivity index (χ4v) is 2.35. The first-order valence-electron chi connectivity index (χ1n) is 6.49. The second-order valence-electron chi connectivity index (χ2n) is 5.40. The van der Waals surface area contributed by atoms with E-state index in [0.29, 0.717) is 6.54 Å². The number of methoxy groups -OCH3 is 1. The van der Waals surface area contributed by atoms with Gasteiger partial charge in [-0.05, 0) is 26.7 Å². The van der Waals surface area contributed by atoms with Gasteiger partial charge in [0.1, 0.15) is 0 Å². The summed E-state index contributed by atoms with van der Waals surface area (Å²) in [6.45, 7) is 9.13. The lowest BCUT2D eigenvalue weighted by molar-refractivity contribution is -0.146. The predicted octanol–water partition coefficient (Wildman–Crippen LogP) is 0.640. The number of amides is 1. The van der Waals surface area contributed by atoms with Gasteiger partial charge < -0.3 is 10.1 Å². The molecule has 1 rings (SSSR count). The van der Waals surface area contributed by atoms with Crippen molar-refractivity contribution in [3.63, 3.8) is 0 Å². The van der Waals surface area contributed by atoms with Crippen LogP contribution in [0.1, 0.15) is 27.7 Å². The topological polar surface area (TPSA) is 58.6 Å². The van der Waals surface area contributed by atoms with Crippen LogP contribution in [0.4, 0.5) is 0 Å². The average molecular weight is 256 g/mol. The minimum absolute atomic E-state index is 0.0164. The molecule has 1 aliphatic rings. The van der Waals surface area contributed by atoms with Gasteiger partial charge in [-0.25, -0.2) is 0 Å². The predicted molar refractivity (Wildman–Crippen MR) is 69.0 cm³/mol. The molecule has 0 saturated carbocycles. The van der Waals surface area contributed by atoms with Gasteiger partial charge in [0.25, 0.3) is 0 Å². The lowest BCUT2D eigenvalue weighted by Gasteiger charge is -2.24. The molecular formula is C13H24N2O3. The Morgan fingerprint density at radius 2 is 1.89 bits per heavy atom. The van der Waals surface area contributed by atoms with E-state index in [9.17, 15) is 9.59 Å². The van der Waals surface area contributed by atoms with Crippen molar-refractivity contribution in [2.45, 2.75) is 39.8 Å². The number of nitrogens with zero attached hydrogens (tertiary/aromatic N) is 1. The number of likely N-dealkylation sites (tertiary alicyclic amines) is 1. The van der Waals surface area contributed by atoms with Crippen LogP contribution in [0.25, 0.3) is 0 Å². The zero-order chi connectivity index (χ0) is 13.9. The SMILES string of the molecule is COC(=O)C1CN(C(C)C(=O)NC(C)C)CC1C. The third kappa shape index (κ3) is 3.45. The van der Waals surface area contributed by atoms with Crippen LogP contribution in [-0.2, 0) is 14.3 Å². The Labute approximate surface area is 109 Å². The molecule has 1 saturated heterocycles. The summed E-state index contributed by atoms with van der Waals surface area (Å²) in [4.78, 5) is 25.6. The van der Waals surface area contributed by atoms with Crippen LogP contribution in [-0.4, -0.2) is 49.1 Å². The highest BCUT2D eigenvalue weighted by molar-refractivity contribution is 5.82. The summed E-state index contributed by atoms with van der Waals surface area (Å²) in [7, 11) is 1.41. The highest BCUT2D eigenvalue weighted by Crippen LogP contribution is 2.25. The van der Waals surface area contributed by atoms with Gasteiger partial charge in [0, 0.05) is 19.1 Å². The van der Waals surface area contributed by atoms with Gasteiger partial charge >= 0.3 is 5.97 Å². The summed E-state index contributed by atoms with van der Waals surface area (Å²) < 4.78 is 4.79. The van der Waals surface area contributed by atoms with Crippen LogP contribution < -0.4 is 5.32 Å². The van der Waals surface area contributed by atoms with E-state index in [1.54, 1.807) is 0 Å². The molecule has 3 unspecified atom stereocenters. The Kier molecular flexibility index (Phi) is 5.14. The second-order valence-corrected chi connectivity index (χ2v) is 5.40. The lowest BCUT2D eigenvalue weighted by atomic mass is 9.99. The number of ether oxygens (including phenoxy) is 1. The van der Waals surface area contributed by atoms with Gasteiger partial charge in [0.15, 0.2) is 0 Å². The lowest BCUT2D eigenvalue weighted by Crippen LogP contribution is -2.46. The Morgan fingerprint density at radius 1 is 1.28 bits per heavy atom. The van der Waals surface area contributed by atoms with Gasteiger partial charge in [-0.1, -0.05) is 6.92 Å². The normalized spacial score (nSPS) is 26.1. The maximum atomic E-state index is 11.9. The Bertz CT molecular complexity index is 317. The minimum Gasteiger partial charge on any atom is -0.469 e. The molecular weight excluding hydrogens is 232 g/mol. The molecule has 5 nitrogen and oxygen atoms in total. The summed E-state index contributed by atoms with van der Waals surface area (Å²) in [6, 6.07) is -0.0686. The van der Waals surface area contributed by atoms with Crippen molar-refractivity contribution < 1.29 is 14.3 Å². The van der Waals surface area contributed by atoms with Gasteiger partial charge in [-0.3, -0.25) is 14.5 Å². The summed E-state index contributed by atoms with van der Waals surface area (Å²) in [5.74, 6) is -0.0553. The summed E-state index contributed by atoms with van der Waals surface area (Å²) in [5.41, 5.74) is 0. The maximum absolute atomic E-state index is 11.9. The molecule has 1 N–H and O–H groups in total. The number of esters is 1. The molecule has 0 bridgehead atoms. The van der Waals surface area contributed by atoms with Gasteiger partial charge in [0.05, 0.1) is 19.1 Å². The van der Waals surface area contributed by atoms with Crippen LogP contribution in [0.5, 0.6) is 0 Å². The van der Waals surface area contributed by atoms with Crippen molar-refractivity contribution >= 4 is 11.9 Å². The molecule has 0 spiro atoms. The van der Waals surface area contributed by atoms with E-state index in [-0.39, 0.29) is 35.8 Å². The molecule has 1 heterocycles. The van der Waals surface area contributed by atoms with Crippen LogP contribution in [0, 0.1) is 11.8 Å². The average Bonchev–Trinajstić information content (AvgIpc) is 2.68. The van der Waals surface area contributed by atoms with Crippen LogP contribution in [0.2, 0.25) is 0 Å². The van der Waals surface area contributed by atoms with Gasteiger partial charge in [0.2, 0.25) is 5.91 Å². The largest absolute Gasteiger partial charge is 0.469 e. The number of carbonyl (C=O) groups excluding carboxylic acids is 2. The van der Waals surface area contributed by atoms with Crippen molar-refractivity contribution in [2.75, 3.05) is 20.2 Å². The van der Waals surface area contributed by atoms with E-state index >= 15 is 0 Å². The molecule has 3 atom stereocenters. The van der Waals surface area contributed by atoms with E-state index in [2.05, 4.69) is 5.32 Å². The highest BCUT2D eigenvalue weighted by atomic mass is 16.5. The Hall–Kier alpha value is -1.10. The first-order valence-corrected chi connectivity index (χ1v) is 6.49. The standard InChI is InChI=1S/C13H24N2O3/c1-8(2)14-12(16)10(4)15-6-9(3)11(7-15)13(17)18-5/h8-11H,6-7H2,1-5H3,(H,14,16). The van der Waals surface area contributed by atoms with Crippen molar-refractivity contribution in [1.82, 2.24) is 10.2 Å². The maximum Gasteiger partial charge on any atom is 0.310 e. The number of carbonyl (C=O) groups is 2. The quantitative estimate of drug-likeness (QED) is 0.750. The first kappa shape index (κ1) is 15.0. The smallest absolute Gasteiger partial charge is 0.310 e. The molecule has 104 valence electrons. The Balaban J connectivity index is 2.59. The van der Waals surface area contributed by atoms with Crippen LogP contribution in [0.3, 0.4) is 0 Å².